The number of hydrogen-bond acceptors (Lipinski definition) is 4. The van der Waals surface area contributed by atoms with Crippen LogP contribution in [0.1, 0.15) is 76.4 Å². The van der Waals surface area contributed by atoms with Gasteiger partial charge in [0.1, 0.15) is 11.5 Å². The van der Waals surface area contributed by atoms with E-state index in [0.29, 0.717) is 36.3 Å². The van der Waals surface area contributed by atoms with Crippen LogP contribution in [0.4, 0.5) is 0 Å². The molecule has 1 atom stereocenters. The Kier molecular flexibility index (Phi) is 4.88. The minimum Gasteiger partial charge on any atom is -0.469 e. The van der Waals surface area contributed by atoms with Gasteiger partial charge in [0.05, 0.1) is 12.9 Å². The molecule has 0 aliphatic heterocycles. The average Bonchev–Trinajstić information content (AvgIpc) is 3.20. The van der Waals surface area contributed by atoms with Gasteiger partial charge >= 0.3 is 5.97 Å². The van der Waals surface area contributed by atoms with E-state index in [1.165, 1.54) is 0 Å². The highest BCUT2D eigenvalue weighted by molar-refractivity contribution is 6.03. The largest absolute Gasteiger partial charge is 0.469 e. The van der Waals surface area contributed by atoms with E-state index in [-0.39, 0.29) is 17.7 Å². The Morgan fingerprint density at radius 3 is 2.92 bits per heavy atom. The summed E-state index contributed by atoms with van der Waals surface area (Å²) in [6.07, 6.45) is 5.67. The summed E-state index contributed by atoms with van der Waals surface area (Å²) < 4.78 is 10.8. The van der Waals surface area contributed by atoms with Crippen molar-refractivity contribution in [3.8, 4) is 0 Å². The Balaban J connectivity index is 1.77. The van der Waals surface area contributed by atoms with Crippen molar-refractivity contribution < 1.29 is 18.7 Å². The van der Waals surface area contributed by atoms with Gasteiger partial charge in [-0.1, -0.05) is 19.8 Å². The highest BCUT2D eigenvalue weighted by Gasteiger charge is 2.33. The molecular formula is C19H23NO4. The number of unbranched alkanes of at least 4 members (excludes halogenated alkanes) is 2. The summed E-state index contributed by atoms with van der Waals surface area (Å²) in [6.45, 7) is 4.33. The van der Waals surface area contributed by atoms with Gasteiger partial charge in [0.25, 0.3) is 0 Å². The molecule has 2 aromatic rings. The van der Waals surface area contributed by atoms with E-state index in [0.717, 1.165) is 30.7 Å². The summed E-state index contributed by atoms with van der Waals surface area (Å²) >= 11 is 0. The lowest BCUT2D eigenvalue weighted by Crippen LogP contribution is -2.18. The number of H-pyrrole nitrogens is 1. The molecule has 0 saturated heterocycles. The number of furan rings is 1. The Morgan fingerprint density at radius 2 is 2.21 bits per heavy atom. The minimum atomic E-state index is -0.375. The van der Waals surface area contributed by atoms with E-state index in [4.69, 9.17) is 9.15 Å². The first-order valence-electron chi connectivity index (χ1n) is 8.57. The van der Waals surface area contributed by atoms with Crippen LogP contribution in [-0.4, -0.2) is 23.3 Å². The average molecular weight is 329 g/mol. The van der Waals surface area contributed by atoms with Gasteiger partial charge in [-0.25, -0.2) is 4.79 Å². The molecule has 0 bridgehead atoms. The first-order chi connectivity index (χ1) is 11.6. The van der Waals surface area contributed by atoms with Gasteiger partial charge in [-0.05, 0) is 37.5 Å². The topological polar surface area (TPSA) is 72.3 Å². The molecule has 0 fully saturated rings. The van der Waals surface area contributed by atoms with E-state index in [1.54, 1.807) is 6.26 Å². The summed E-state index contributed by atoms with van der Waals surface area (Å²) in [7, 11) is 0. The predicted octanol–water partition coefficient (Wildman–Crippen LogP) is 4.18. The van der Waals surface area contributed by atoms with Crippen LogP contribution in [-0.2, 0) is 11.2 Å². The maximum Gasteiger partial charge on any atom is 0.355 e. The molecule has 0 saturated carbocycles. The van der Waals surface area contributed by atoms with E-state index in [2.05, 4.69) is 11.9 Å². The third-order valence-electron chi connectivity index (χ3n) is 4.62. The van der Waals surface area contributed by atoms with Crippen LogP contribution in [0.15, 0.2) is 22.8 Å². The summed E-state index contributed by atoms with van der Waals surface area (Å²) in [4.78, 5) is 27.9. The molecule has 5 heteroatoms. The highest BCUT2D eigenvalue weighted by atomic mass is 16.5. The molecule has 2 heterocycles. The second-order valence-corrected chi connectivity index (χ2v) is 6.37. The summed E-state index contributed by atoms with van der Waals surface area (Å²) in [5.74, 6) is 0.508. The van der Waals surface area contributed by atoms with Gasteiger partial charge in [0, 0.05) is 23.6 Å². The quantitative estimate of drug-likeness (QED) is 0.637. The van der Waals surface area contributed by atoms with E-state index in [1.807, 2.05) is 19.1 Å². The Hall–Kier alpha value is -2.30. The maximum absolute atomic E-state index is 12.5. The molecular weight excluding hydrogens is 306 g/mol. The van der Waals surface area contributed by atoms with Crippen LogP contribution < -0.4 is 0 Å². The minimum absolute atomic E-state index is 0.0199. The zero-order valence-corrected chi connectivity index (χ0v) is 14.2. The van der Waals surface area contributed by atoms with Crippen molar-refractivity contribution in [1.29, 1.82) is 0 Å². The predicted molar refractivity (Wildman–Crippen MR) is 89.4 cm³/mol. The zero-order chi connectivity index (χ0) is 17.1. The number of fused-ring (bicyclic) bond motifs is 1. The third-order valence-corrected chi connectivity index (χ3v) is 4.62. The number of Topliss-reactive ketones (excluding diaryl/α,β-unsaturated/α-hetero) is 1. The van der Waals surface area contributed by atoms with Crippen LogP contribution >= 0.6 is 0 Å². The van der Waals surface area contributed by atoms with Crippen LogP contribution in [0, 0.1) is 6.92 Å². The molecule has 0 spiro atoms. The fraction of sp³-hybridized carbons (Fsp3) is 0.474. The second kappa shape index (κ2) is 7.07. The summed E-state index contributed by atoms with van der Waals surface area (Å²) in [5, 5.41) is 0. The number of aromatic amines is 1. The summed E-state index contributed by atoms with van der Waals surface area (Å²) in [6, 6.07) is 3.72. The highest BCUT2D eigenvalue weighted by Crippen LogP contribution is 2.35. The molecule has 0 amide bonds. The van der Waals surface area contributed by atoms with Crippen molar-refractivity contribution in [3.05, 3.63) is 46.7 Å². The van der Waals surface area contributed by atoms with E-state index >= 15 is 0 Å². The lowest BCUT2D eigenvalue weighted by Gasteiger charge is -2.19. The van der Waals surface area contributed by atoms with Crippen molar-refractivity contribution in [2.75, 3.05) is 6.61 Å². The second-order valence-electron chi connectivity index (χ2n) is 6.37. The Bertz CT molecular complexity index is 727. The van der Waals surface area contributed by atoms with Gasteiger partial charge in [-0.3, -0.25) is 4.79 Å². The Labute approximate surface area is 141 Å². The number of ketones is 1. The van der Waals surface area contributed by atoms with E-state index < -0.39 is 0 Å². The number of carbonyl (C=O) groups excluding carboxylic acids is 2. The normalized spacial score (nSPS) is 16.9. The number of aromatic nitrogens is 1. The van der Waals surface area contributed by atoms with Crippen LogP contribution in [0.2, 0.25) is 0 Å². The summed E-state index contributed by atoms with van der Waals surface area (Å²) in [5.41, 5.74) is 2.57. The molecule has 1 N–H and O–H groups in total. The molecule has 2 aromatic heterocycles. The van der Waals surface area contributed by atoms with Crippen molar-refractivity contribution in [1.82, 2.24) is 4.98 Å². The lowest BCUT2D eigenvalue weighted by atomic mass is 9.84. The first kappa shape index (κ1) is 16.6. The fourth-order valence-electron chi connectivity index (χ4n) is 3.35. The number of nitrogens with one attached hydrogen (secondary N) is 1. The van der Waals surface area contributed by atoms with Crippen LogP contribution in [0.25, 0.3) is 0 Å². The van der Waals surface area contributed by atoms with Gasteiger partial charge in [0.2, 0.25) is 0 Å². The molecule has 3 rings (SSSR count). The standard InChI is InChI=1S/C19H23NO4/c1-3-4-5-8-24-19(22)18-12(2)17-14(20-18)10-13(11-15(17)21)16-7-6-9-23-16/h6-7,9,13,20H,3-5,8,10-11H2,1-2H3/t13-/m1/s1. The van der Waals surface area contributed by atoms with Gasteiger partial charge in [-0.2, -0.15) is 0 Å². The Morgan fingerprint density at radius 1 is 1.38 bits per heavy atom. The number of ether oxygens (including phenoxy) is 1. The molecule has 24 heavy (non-hydrogen) atoms. The van der Waals surface area contributed by atoms with Crippen LogP contribution in [0.3, 0.4) is 0 Å². The first-order valence-corrected chi connectivity index (χ1v) is 8.57. The number of rotatable bonds is 6. The van der Waals surface area contributed by atoms with Gasteiger partial charge < -0.3 is 14.1 Å². The van der Waals surface area contributed by atoms with Crippen molar-refractivity contribution in [2.45, 2.75) is 51.9 Å². The molecule has 1 aliphatic rings. The maximum atomic E-state index is 12.5. The molecule has 128 valence electrons. The molecule has 0 unspecified atom stereocenters. The van der Waals surface area contributed by atoms with Crippen LogP contribution in [0.5, 0.6) is 0 Å². The number of esters is 1. The molecule has 0 aromatic carbocycles. The molecule has 1 aliphatic carbocycles. The SMILES string of the molecule is CCCCCOC(=O)c1[nH]c2c(c1C)C(=O)C[C@H](c1ccco1)C2. The van der Waals surface area contributed by atoms with Crippen molar-refractivity contribution in [2.24, 2.45) is 0 Å². The molecule has 0 radical (unpaired) electrons. The van der Waals surface area contributed by atoms with Gasteiger partial charge in [-0.15, -0.1) is 0 Å². The van der Waals surface area contributed by atoms with E-state index in [9.17, 15) is 9.59 Å². The zero-order valence-electron chi connectivity index (χ0n) is 14.2. The fourth-order valence-corrected chi connectivity index (χ4v) is 3.35. The molecule has 5 nitrogen and oxygen atoms in total. The number of hydrogen-bond donors (Lipinski definition) is 1. The monoisotopic (exact) mass is 329 g/mol. The third kappa shape index (κ3) is 3.16. The van der Waals surface area contributed by atoms with Crippen molar-refractivity contribution >= 4 is 11.8 Å². The lowest BCUT2D eigenvalue weighted by molar-refractivity contribution is 0.0491. The van der Waals surface area contributed by atoms with Gasteiger partial charge in [0.15, 0.2) is 5.78 Å². The smallest absolute Gasteiger partial charge is 0.355 e. The van der Waals surface area contributed by atoms with Crippen molar-refractivity contribution in [3.63, 3.8) is 0 Å². The number of carbonyl (C=O) groups is 2.